The second-order valence-electron chi connectivity index (χ2n) is 4.23. The Morgan fingerprint density at radius 1 is 1.25 bits per heavy atom. The number of aromatic carboxylic acids is 1. The molecular formula is C14H13N3O3. The molecule has 1 amide bonds. The minimum atomic E-state index is -1.14. The molecule has 1 heterocycles. The van der Waals surface area contributed by atoms with E-state index >= 15 is 0 Å². The number of nitrogens with one attached hydrogen (secondary N) is 1. The molecule has 0 saturated carbocycles. The second-order valence-corrected chi connectivity index (χ2v) is 4.23. The quantitative estimate of drug-likeness (QED) is 0.739. The first-order valence-corrected chi connectivity index (χ1v) is 5.85. The van der Waals surface area contributed by atoms with E-state index in [0.717, 1.165) is 0 Å². The number of nitrogen functional groups attached to an aromatic ring is 1. The molecule has 0 aliphatic heterocycles. The number of carboxylic acid groups (broad SMARTS) is 1. The molecule has 1 aromatic heterocycles. The molecule has 20 heavy (non-hydrogen) atoms. The summed E-state index contributed by atoms with van der Waals surface area (Å²) in [4.78, 5) is 27.2. The third-order valence-corrected chi connectivity index (χ3v) is 2.64. The van der Waals surface area contributed by atoms with Gasteiger partial charge in [-0.3, -0.25) is 4.79 Å². The van der Waals surface area contributed by atoms with Gasteiger partial charge in [-0.05, 0) is 37.3 Å². The third kappa shape index (κ3) is 2.92. The number of aryl methyl sites for hydroxylation is 1. The lowest BCUT2D eigenvalue weighted by Gasteiger charge is -2.09. The lowest BCUT2D eigenvalue weighted by molar-refractivity contribution is 0.0698. The van der Waals surface area contributed by atoms with Crippen LogP contribution in [0.2, 0.25) is 0 Å². The average Bonchev–Trinajstić information content (AvgIpc) is 2.38. The summed E-state index contributed by atoms with van der Waals surface area (Å²) >= 11 is 0. The molecular weight excluding hydrogens is 258 g/mol. The number of anilines is 2. The Bertz CT molecular complexity index is 683. The average molecular weight is 271 g/mol. The number of hydrogen-bond acceptors (Lipinski definition) is 4. The van der Waals surface area contributed by atoms with Crippen LogP contribution in [-0.4, -0.2) is 22.0 Å². The largest absolute Gasteiger partial charge is 0.478 e. The van der Waals surface area contributed by atoms with Crippen molar-refractivity contribution in [2.75, 3.05) is 11.1 Å². The smallest absolute Gasteiger partial charge is 0.337 e. The van der Waals surface area contributed by atoms with Crippen molar-refractivity contribution in [3.05, 3.63) is 53.3 Å². The van der Waals surface area contributed by atoms with Gasteiger partial charge in [-0.2, -0.15) is 0 Å². The van der Waals surface area contributed by atoms with Gasteiger partial charge in [-0.25, -0.2) is 9.78 Å². The zero-order valence-electron chi connectivity index (χ0n) is 10.8. The number of hydrogen-bond donors (Lipinski definition) is 3. The molecule has 2 rings (SSSR count). The second kappa shape index (κ2) is 5.40. The van der Waals surface area contributed by atoms with E-state index in [-0.39, 0.29) is 16.9 Å². The van der Waals surface area contributed by atoms with Crippen LogP contribution >= 0.6 is 0 Å². The van der Waals surface area contributed by atoms with Crippen LogP contribution < -0.4 is 11.1 Å². The van der Waals surface area contributed by atoms with E-state index in [1.165, 1.54) is 18.2 Å². The van der Waals surface area contributed by atoms with Crippen LogP contribution in [0.4, 0.5) is 11.4 Å². The van der Waals surface area contributed by atoms with Crippen molar-refractivity contribution in [3.8, 4) is 0 Å². The minimum absolute atomic E-state index is 0.0276. The fourth-order valence-corrected chi connectivity index (χ4v) is 1.71. The van der Waals surface area contributed by atoms with Gasteiger partial charge in [0.1, 0.15) is 5.69 Å². The number of nitrogens with two attached hydrogens (primary N) is 1. The molecule has 0 bridgehead atoms. The molecule has 4 N–H and O–H groups in total. The van der Waals surface area contributed by atoms with Crippen molar-refractivity contribution in [2.45, 2.75) is 6.92 Å². The van der Waals surface area contributed by atoms with Crippen LogP contribution in [0.5, 0.6) is 0 Å². The van der Waals surface area contributed by atoms with E-state index in [9.17, 15) is 9.59 Å². The van der Waals surface area contributed by atoms with Crippen LogP contribution in [0.25, 0.3) is 0 Å². The van der Waals surface area contributed by atoms with Crippen molar-refractivity contribution in [3.63, 3.8) is 0 Å². The molecule has 2 aromatic rings. The van der Waals surface area contributed by atoms with E-state index in [1.807, 2.05) is 0 Å². The first kappa shape index (κ1) is 13.5. The zero-order chi connectivity index (χ0) is 14.7. The van der Waals surface area contributed by atoms with Crippen LogP contribution in [0.15, 0.2) is 36.4 Å². The maximum absolute atomic E-state index is 12.0. The molecule has 0 atom stereocenters. The Labute approximate surface area is 115 Å². The summed E-state index contributed by atoms with van der Waals surface area (Å²) in [6.45, 7) is 1.76. The molecule has 0 unspecified atom stereocenters. The Kier molecular flexibility index (Phi) is 3.65. The topological polar surface area (TPSA) is 105 Å². The third-order valence-electron chi connectivity index (χ3n) is 2.64. The number of aromatic nitrogens is 1. The molecule has 0 spiro atoms. The normalized spacial score (nSPS) is 10.1. The number of amides is 1. The molecule has 6 nitrogen and oxygen atoms in total. The number of carbonyl (C=O) groups excluding carboxylic acids is 1. The lowest BCUT2D eigenvalue weighted by atomic mass is 10.1. The summed E-state index contributed by atoms with van der Waals surface area (Å²) < 4.78 is 0. The van der Waals surface area contributed by atoms with Gasteiger partial charge < -0.3 is 16.2 Å². The van der Waals surface area contributed by atoms with Gasteiger partial charge in [-0.1, -0.05) is 6.07 Å². The van der Waals surface area contributed by atoms with Crippen molar-refractivity contribution < 1.29 is 14.7 Å². The van der Waals surface area contributed by atoms with Gasteiger partial charge in [0.15, 0.2) is 0 Å². The van der Waals surface area contributed by atoms with Crippen molar-refractivity contribution in [2.24, 2.45) is 0 Å². The van der Waals surface area contributed by atoms with E-state index in [4.69, 9.17) is 10.8 Å². The fourth-order valence-electron chi connectivity index (χ4n) is 1.71. The SMILES string of the molecule is Cc1cccc(C(=O)Nc2cc(N)ccc2C(=O)O)n1. The van der Waals surface area contributed by atoms with E-state index in [0.29, 0.717) is 11.4 Å². The summed E-state index contributed by atoms with van der Waals surface area (Å²) in [5.74, 6) is -1.63. The minimum Gasteiger partial charge on any atom is -0.478 e. The molecule has 0 aliphatic rings. The van der Waals surface area contributed by atoms with Crippen molar-refractivity contribution in [1.29, 1.82) is 0 Å². The Balaban J connectivity index is 2.32. The highest BCUT2D eigenvalue weighted by Gasteiger charge is 2.14. The fraction of sp³-hybridized carbons (Fsp3) is 0.0714. The van der Waals surface area contributed by atoms with Gasteiger partial charge in [0, 0.05) is 11.4 Å². The summed E-state index contributed by atoms with van der Waals surface area (Å²) in [6, 6.07) is 9.22. The van der Waals surface area contributed by atoms with Crippen LogP contribution in [0, 0.1) is 6.92 Å². The van der Waals surface area contributed by atoms with Crippen LogP contribution in [0.3, 0.4) is 0 Å². The number of carbonyl (C=O) groups is 2. The molecule has 0 fully saturated rings. The van der Waals surface area contributed by atoms with Gasteiger partial charge in [0.05, 0.1) is 11.3 Å². The predicted molar refractivity (Wildman–Crippen MR) is 74.7 cm³/mol. The van der Waals surface area contributed by atoms with E-state index < -0.39 is 11.9 Å². The molecule has 102 valence electrons. The maximum Gasteiger partial charge on any atom is 0.337 e. The first-order valence-electron chi connectivity index (χ1n) is 5.85. The lowest BCUT2D eigenvalue weighted by Crippen LogP contribution is -2.16. The van der Waals surface area contributed by atoms with Crippen LogP contribution in [-0.2, 0) is 0 Å². The molecule has 0 aliphatic carbocycles. The van der Waals surface area contributed by atoms with E-state index in [2.05, 4.69) is 10.3 Å². The zero-order valence-corrected chi connectivity index (χ0v) is 10.8. The Morgan fingerprint density at radius 2 is 2.00 bits per heavy atom. The molecule has 1 aromatic carbocycles. The van der Waals surface area contributed by atoms with Gasteiger partial charge in [0.25, 0.3) is 5.91 Å². The van der Waals surface area contributed by atoms with Gasteiger partial charge in [-0.15, -0.1) is 0 Å². The van der Waals surface area contributed by atoms with Crippen molar-refractivity contribution in [1.82, 2.24) is 4.98 Å². The summed E-state index contributed by atoms with van der Waals surface area (Å²) in [7, 11) is 0. The highest BCUT2D eigenvalue weighted by atomic mass is 16.4. The Hall–Kier alpha value is -2.89. The summed E-state index contributed by atoms with van der Waals surface area (Å²) in [5.41, 5.74) is 7.00. The van der Waals surface area contributed by atoms with Gasteiger partial charge >= 0.3 is 5.97 Å². The molecule has 0 radical (unpaired) electrons. The molecule has 0 saturated heterocycles. The van der Waals surface area contributed by atoms with Crippen LogP contribution in [0.1, 0.15) is 26.5 Å². The van der Waals surface area contributed by atoms with E-state index in [1.54, 1.807) is 25.1 Å². The first-order chi connectivity index (χ1) is 9.47. The number of rotatable bonds is 3. The summed E-state index contributed by atoms with van der Waals surface area (Å²) in [6.07, 6.45) is 0. The Morgan fingerprint density at radius 3 is 2.65 bits per heavy atom. The highest BCUT2D eigenvalue weighted by molar-refractivity contribution is 6.07. The number of nitrogens with zero attached hydrogens (tertiary/aromatic N) is 1. The number of benzene rings is 1. The maximum atomic E-state index is 12.0. The number of pyridine rings is 1. The highest BCUT2D eigenvalue weighted by Crippen LogP contribution is 2.20. The summed E-state index contributed by atoms with van der Waals surface area (Å²) in [5, 5.41) is 11.6. The predicted octanol–water partition coefficient (Wildman–Crippen LogP) is 1.92. The standard InChI is InChI=1S/C14H13N3O3/c1-8-3-2-4-11(16-8)13(18)17-12-7-9(15)5-6-10(12)14(19)20/h2-7H,15H2,1H3,(H,17,18)(H,19,20). The number of carboxylic acids is 1. The monoisotopic (exact) mass is 271 g/mol. The van der Waals surface area contributed by atoms with Gasteiger partial charge in [0.2, 0.25) is 0 Å². The molecule has 6 heteroatoms. The van der Waals surface area contributed by atoms with Crippen molar-refractivity contribution >= 4 is 23.3 Å².